The Balaban J connectivity index is 1.95. The minimum absolute atomic E-state index is 0.301. The monoisotopic (exact) mass is 506 g/mol. The van der Waals surface area contributed by atoms with Crippen LogP contribution in [0.2, 0.25) is 0 Å². The molecule has 0 aromatic heterocycles. The summed E-state index contributed by atoms with van der Waals surface area (Å²) in [6, 6.07) is 21.3. The number of rotatable bonds is 5. The van der Waals surface area contributed by atoms with Gasteiger partial charge in [0.2, 0.25) is 0 Å². The van der Waals surface area contributed by atoms with Crippen LogP contribution in [0.3, 0.4) is 0 Å². The van der Waals surface area contributed by atoms with E-state index in [9.17, 15) is 21.6 Å². The maximum Gasteiger partial charge on any atom is 0.416 e. The molecule has 3 aromatic rings. The van der Waals surface area contributed by atoms with Gasteiger partial charge in [-0.25, -0.2) is 0 Å². The van der Waals surface area contributed by atoms with Crippen LogP contribution in [-0.4, -0.2) is 8.42 Å². The third kappa shape index (κ3) is 4.88. The topological polar surface area (TPSA) is 43.4 Å². The molecule has 0 bridgehead atoms. The highest BCUT2D eigenvalue weighted by atomic mass is 127. The summed E-state index contributed by atoms with van der Waals surface area (Å²) in [6.07, 6.45) is -4.53. The zero-order chi connectivity index (χ0) is 19.5. The first-order valence-corrected chi connectivity index (χ1v) is 12.1. The molecule has 0 fully saturated rings. The van der Waals surface area contributed by atoms with Gasteiger partial charge in [-0.2, -0.15) is 21.6 Å². The lowest BCUT2D eigenvalue weighted by Gasteiger charge is -2.08. The molecule has 8 heteroatoms. The molecule has 0 unspecified atom stereocenters. The summed E-state index contributed by atoms with van der Waals surface area (Å²) in [7, 11) is -4.22. The van der Waals surface area contributed by atoms with E-state index >= 15 is 0 Å². The molecule has 0 aliphatic heterocycles. The maximum atomic E-state index is 12.7. The number of hydrogen-bond acceptors (Lipinski definition) is 3. The lowest BCUT2D eigenvalue weighted by atomic mass is 10.2. The van der Waals surface area contributed by atoms with Crippen molar-refractivity contribution >= 4 is 10.1 Å². The van der Waals surface area contributed by atoms with Crippen molar-refractivity contribution in [1.82, 2.24) is 0 Å². The average Bonchev–Trinajstić information content (AvgIpc) is 2.67. The molecule has 0 atom stereocenters. The van der Waals surface area contributed by atoms with Crippen LogP contribution >= 0.6 is 0 Å². The van der Waals surface area contributed by atoms with Gasteiger partial charge in [0.25, 0.3) is 0 Å². The Morgan fingerprint density at radius 3 is 1.56 bits per heavy atom. The summed E-state index contributed by atoms with van der Waals surface area (Å²) in [5.74, 6) is 0. The van der Waals surface area contributed by atoms with Gasteiger partial charge >= 0.3 is 36.5 Å². The quantitative estimate of drug-likeness (QED) is 0.495. The fourth-order valence-corrected chi connectivity index (χ4v) is 9.18. The molecular formula is C19H14F3IO3S+. The standard InChI is InChI=1S/C19H14F3IO3S/c20-19(21,22)15-11-13-18(14-12-15)27(24,25)26-23(16-7-3-1-4-8-16)17-9-5-2-6-10-17/h1-14H/q+1. The minimum atomic E-state index is -4.53. The van der Waals surface area contributed by atoms with Crippen molar-refractivity contribution in [2.75, 3.05) is 0 Å². The van der Waals surface area contributed by atoms with Gasteiger partial charge in [-0.15, -0.1) is 0 Å². The number of alkyl halides is 3. The Morgan fingerprint density at radius 2 is 1.15 bits per heavy atom. The number of benzene rings is 3. The van der Waals surface area contributed by atoms with Crippen molar-refractivity contribution in [2.24, 2.45) is 0 Å². The molecule has 141 valence electrons. The highest BCUT2D eigenvalue weighted by Gasteiger charge is 2.38. The van der Waals surface area contributed by atoms with E-state index in [0.717, 1.165) is 31.4 Å². The van der Waals surface area contributed by atoms with Gasteiger partial charge in [0.15, 0.2) is 7.14 Å². The van der Waals surface area contributed by atoms with Crippen molar-refractivity contribution in [3.05, 3.63) is 97.6 Å². The molecule has 0 aliphatic rings. The normalized spacial score (nSPS) is 12.3. The lowest BCUT2D eigenvalue weighted by molar-refractivity contribution is -1.03. The highest BCUT2D eigenvalue weighted by molar-refractivity contribution is 7.86. The van der Waals surface area contributed by atoms with E-state index in [1.165, 1.54) is 0 Å². The SMILES string of the molecule is O=S(=O)(O[I+](c1ccccc1)c1ccccc1)c1ccc(C(F)(F)F)cc1. The smallest absolute Gasteiger partial charge is 0.190 e. The van der Waals surface area contributed by atoms with E-state index in [0.29, 0.717) is 0 Å². The molecule has 3 nitrogen and oxygen atoms in total. The van der Waals surface area contributed by atoms with Gasteiger partial charge in [0.05, 0.1) is 10.5 Å². The Morgan fingerprint density at radius 1 is 0.704 bits per heavy atom. The van der Waals surface area contributed by atoms with Gasteiger partial charge in [0, 0.05) is 0 Å². The molecule has 1 radical (unpaired) electrons. The predicted octanol–water partition coefficient (Wildman–Crippen LogP) is 1.69. The Kier molecular flexibility index (Phi) is 5.87. The molecule has 0 spiro atoms. The molecular weight excluding hydrogens is 492 g/mol. The van der Waals surface area contributed by atoms with Crippen LogP contribution in [0.15, 0.2) is 89.8 Å². The lowest BCUT2D eigenvalue weighted by Crippen LogP contribution is -3.85. The first-order valence-electron chi connectivity index (χ1n) is 7.70. The van der Waals surface area contributed by atoms with Crippen molar-refractivity contribution in [2.45, 2.75) is 11.1 Å². The summed E-state index contributed by atoms with van der Waals surface area (Å²) >= 11 is -2.82. The van der Waals surface area contributed by atoms with Crippen LogP contribution < -0.4 is 20.2 Å². The van der Waals surface area contributed by atoms with Crippen molar-refractivity contribution < 1.29 is 44.3 Å². The molecule has 27 heavy (non-hydrogen) atoms. The zero-order valence-corrected chi connectivity index (χ0v) is 16.7. The molecule has 3 rings (SSSR count). The Hall–Kier alpha value is -1.91. The van der Waals surface area contributed by atoms with Gasteiger partial charge in [-0.1, -0.05) is 36.4 Å². The number of hydrogen-bond donors (Lipinski definition) is 0. The molecule has 0 N–H and O–H groups in total. The van der Waals surface area contributed by atoms with E-state index in [-0.39, 0.29) is 4.90 Å². The second-order valence-corrected chi connectivity index (χ2v) is 11.9. The van der Waals surface area contributed by atoms with Gasteiger partial charge in [0.1, 0.15) is 0 Å². The summed E-state index contributed by atoms with van der Waals surface area (Å²) in [5.41, 5.74) is -0.914. The minimum Gasteiger partial charge on any atom is -0.190 e. The fraction of sp³-hybridized carbons (Fsp3) is 0.0526. The molecule has 0 heterocycles. The van der Waals surface area contributed by atoms with E-state index in [2.05, 4.69) is 0 Å². The van der Waals surface area contributed by atoms with Crippen LogP contribution in [0.4, 0.5) is 13.2 Å². The van der Waals surface area contributed by atoms with Gasteiger partial charge < -0.3 is 0 Å². The second-order valence-electron chi connectivity index (χ2n) is 5.38. The van der Waals surface area contributed by atoms with Crippen molar-refractivity contribution in [1.29, 1.82) is 0 Å². The van der Waals surface area contributed by atoms with E-state index in [4.69, 9.17) is 2.51 Å². The molecule has 0 saturated carbocycles. The van der Waals surface area contributed by atoms with Crippen molar-refractivity contribution in [3.63, 3.8) is 0 Å². The van der Waals surface area contributed by atoms with Crippen LogP contribution in [0, 0.1) is 7.14 Å². The summed E-state index contributed by atoms with van der Waals surface area (Å²) in [6.45, 7) is 0. The van der Waals surface area contributed by atoms with E-state index in [1.807, 2.05) is 12.1 Å². The van der Waals surface area contributed by atoms with Crippen LogP contribution in [-0.2, 0) is 18.8 Å². The molecule has 0 saturated heterocycles. The van der Waals surface area contributed by atoms with E-state index in [1.54, 1.807) is 48.5 Å². The van der Waals surface area contributed by atoms with Crippen LogP contribution in [0.5, 0.6) is 0 Å². The van der Waals surface area contributed by atoms with Gasteiger partial charge in [-0.05, 0) is 51.0 Å². The first-order chi connectivity index (χ1) is 12.8. The predicted molar refractivity (Wildman–Crippen MR) is 90.0 cm³/mol. The summed E-state index contributed by atoms with van der Waals surface area (Å²) < 4.78 is 70.6. The average molecular weight is 506 g/mol. The molecule has 3 aromatic carbocycles. The number of halogens is 4. The third-order valence-corrected chi connectivity index (χ3v) is 10.8. The zero-order valence-electron chi connectivity index (χ0n) is 13.7. The van der Waals surface area contributed by atoms with E-state index < -0.39 is 42.1 Å². The highest BCUT2D eigenvalue weighted by Crippen LogP contribution is 2.29. The van der Waals surface area contributed by atoms with Gasteiger partial charge in [-0.3, -0.25) is 0 Å². The second kappa shape index (κ2) is 7.99. The maximum absolute atomic E-state index is 12.7. The molecule has 0 aliphatic carbocycles. The summed E-state index contributed by atoms with van der Waals surface area (Å²) in [5, 5.41) is 0. The Bertz CT molecular complexity index is 950. The van der Waals surface area contributed by atoms with Crippen LogP contribution in [0.25, 0.3) is 0 Å². The fourth-order valence-electron chi connectivity index (χ4n) is 2.19. The summed E-state index contributed by atoms with van der Waals surface area (Å²) in [4.78, 5) is -0.301. The van der Waals surface area contributed by atoms with Crippen molar-refractivity contribution in [3.8, 4) is 0 Å². The third-order valence-electron chi connectivity index (χ3n) is 3.48. The molecule has 0 amide bonds. The Labute approximate surface area is 162 Å². The first kappa shape index (κ1) is 19.8. The largest absolute Gasteiger partial charge is 0.416 e. The van der Waals surface area contributed by atoms with Crippen LogP contribution in [0.1, 0.15) is 5.56 Å².